The van der Waals surface area contributed by atoms with Crippen molar-refractivity contribution in [3.8, 4) is 11.8 Å². The molecule has 2 heterocycles. The number of hydrogen-bond acceptors (Lipinski definition) is 5. The van der Waals surface area contributed by atoms with Crippen LogP contribution in [0.15, 0.2) is 18.3 Å². The molecule has 0 N–H and O–H groups in total. The first kappa shape index (κ1) is 21.1. The number of piperidine rings is 1. The number of rotatable bonds is 6. The summed E-state index contributed by atoms with van der Waals surface area (Å²) < 4.78 is 17.5. The molecule has 1 saturated carbocycles. The number of pyridine rings is 1. The van der Waals surface area contributed by atoms with E-state index in [9.17, 15) is 0 Å². The van der Waals surface area contributed by atoms with Crippen LogP contribution in [0.4, 0.5) is 5.69 Å². The molecule has 1 aliphatic carbocycles. The molecular formula is C23H34N2O3. The topological polar surface area (TPSA) is 43.8 Å². The molecule has 2 aliphatic rings. The molecule has 154 valence electrons. The number of hydrogen-bond donors (Lipinski definition) is 0. The lowest BCUT2D eigenvalue weighted by molar-refractivity contribution is -0.141. The second-order valence-electron chi connectivity index (χ2n) is 8.59. The second-order valence-corrected chi connectivity index (χ2v) is 8.59. The van der Waals surface area contributed by atoms with Crippen LogP contribution in [0.1, 0.15) is 59.1 Å². The predicted octanol–water partition coefficient (Wildman–Crippen LogP) is 3.80. The lowest BCUT2D eigenvalue weighted by Gasteiger charge is -2.40. The van der Waals surface area contributed by atoms with Crippen LogP contribution in [0.25, 0.3) is 0 Å². The summed E-state index contributed by atoms with van der Waals surface area (Å²) in [6.45, 7) is 10.1. The van der Waals surface area contributed by atoms with Gasteiger partial charge in [-0.15, -0.1) is 0 Å². The molecule has 3 rings (SSSR count). The molecular weight excluding hydrogens is 352 g/mol. The van der Waals surface area contributed by atoms with Gasteiger partial charge in [0.15, 0.2) is 0 Å². The summed E-state index contributed by atoms with van der Waals surface area (Å²) in [6.07, 6.45) is 7.50. The van der Waals surface area contributed by atoms with E-state index in [1.165, 1.54) is 5.69 Å². The molecule has 0 bridgehead atoms. The minimum atomic E-state index is -0.464. The molecule has 1 aliphatic heterocycles. The van der Waals surface area contributed by atoms with Gasteiger partial charge in [-0.2, -0.15) is 0 Å². The van der Waals surface area contributed by atoms with E-state index in [2.05, 4.69) is 47.7 Å². The van der Waals surface area contributed by atoms with Gasteiger partial charge in [0.1, 0.15) is 11.3 Å². The summed E-state index contributed by atoms with van der Waals surface area (Å²) in [6, 6.07) is 4.13. The summed E-state index contributed by atoms with van der Waals surface area (Å²) in [5.74, 6) is 6.26. The van der Waals surface area contributed by atoms with Crippen LogP contribution in [0, 0.1) is 11.8 Å². The summed E-state index contributed by atoms with van der Waals surface area (Å²) >= 11 is 0. The van der Waals surface area contributed by atoms with Crippen molar-refractivity contribution in [1.29, 1.82) is 0 Å². The zero-order chi connectivity index (χ0) is 20.1. The van der Waals surface area contributed by atoms with Crippen molar-refractivity contribution in [3.05, 3.63) is 24.0 Å². The van der Waals surface area contributed by atoms with Crippen LogP contribution < -0.4 is 4.90 Å². The molecule has 0 amide bonds. The Morgan fingerprint density at radius 3 is 2.50 bits per heavy atom. The van der Waals surface area contributed by atoms with E-state index in [1.54, 1.807) is 7.11 Å². The Morgan fingerprint density at radius 1 is 1.14 bits per heavy atom. The van der Waals surface area contributed by atoms with Gasteiger partial charge < -0.3 is 19.1 Å². The van der Waals surface area contributed by atoms with Gasteiger partial charge in [0.25, 0.3) is 0 Å². The molecule has 5 nitrogen and oxygen atoms in total. The summed E-state index contributed by atoms with van der Waals surface area (Å²) in [5, 5.41) is 0. The maximum absolute atomic E-state index is 6.28. The van der Waals surface area contributed by atoms with Gasteiger partial charge in [-0.25, -0.2) is 4.98 Å². The Morgan fingerprint density at radius 2 is 1.86 bits per heavy atom. The average Bonchev–Trinajstić information content (AvgIpc) is 2.65. The Hall–Kier alpha value is -1.61. The first-order valence-electron chi connectivity index (χ1n) is 10.4. The van der Waals surface area contributed by atoms with Crippen molar-refractivity contribution in [2.75, 3.05) is 25.1 Å². The highest BCUT2D eigenvalue weighted by atomic mass is 16.5. The fourth-order valence-corrected chi connectivity index (χ4v) is 3.60. The Kier molecular flexibility index (Phi) is 6.98. The third-order valence-corrected chi connectivity index (χ3v) is 5.45. The molecule has 1 aromatic heterocycles. The van der Waals surface area contributed by atoms with Crippen LogP contribution in [0.5, 0.6) is 0 Å². The van der Waals surface area contributed by atoms with Crippen LogP contribution in [0.3, 0.4) is 0 Å². The largest absolute Gasteiger partial charge is 0.375 e. The number of anilines is 1. The van der Waals surface area contributed by atoms with Gasteiger partial charge in [0.05, 0.1) is 24.4 Å². The zero-order valence-electron chi connectivity index (χ0n) is 17.9. The molecule has 5 heteroatoms. The van der Waals surface area contributed by atoms with E-state index in [0.29, 0.717) is 24.4 Å². The van der Waals surface area contributed by atoms with Crippen LogP contribution in [-0.4, -0.2) is 55.2 Å². The third-order valence-electron chi connectivity index (χ3n) is 5.45. The molecule has 0 atom stereocenters. The molecule has 0 aromatic carbocycles. The van der Waals surface area contributed by atoms with Gasteiger partial charge in [-0.1, -0.05) is 5.92 Å². The van der Waals surface area contributed by atoms with E-state index in [1.807, 2.05) is 20.0 Å². The van der Waals surface area contributed by atoms with Crippen LogP contribution in [-0.2, 0) is 14.2 Å². The molecule has 0 unspecified atom stereocenters. The SMILES string of the molecule is COC(C)(C)C#Cc1cc(N2CCC(OC3CC(OC(C)C)C3)CC2)ccn1. The number of aromatic nitrogens is 1. The molecule has 0 radical (unpaired) electrons. The van der Waals surface area contributed by atoms with E-state index in [-0.39, 0.29) is 0 Å². The van der Waals surface area contributed by atoms with Gasteiger partial charge in [-0.05, 0) is 71.4 Å². The minimum absolute atomic E-state index is 0.310. The third kappa shape index (κ3) is 5.94. The molecule has 28 heavy (non-hydrogen) atoms. The average molecular weight is 387 g/mol. The standard InChI is InChI=1S/C23H34N2O3/c1-17(2)27-21-15-22(16-21)28-20-8-12-25(13-9-20)19-7-11-24-18(14-19)6-10-23(3,4)26-5/h7,11,14,17,20-22H,8-9,12-13,15-16H2,1-5H3. The first-order valence-corrected chi connectivity index (χ1v) is 10.4. The first-order chi connectivity index (χ1) is 13.3. The van der Waals surface area contributed by atoms with Gasteiger partial charge in [0.2, 0.25) is 0 Å². The maximum Gasteiger partial charge on any atom is 0.123 e. The smallest absolute Gasteiger partial charge is 0.123 e. The van der Waals surface area contributed by atoms with Crippen molar-refractivity contribution in [2.24, 2.45) is 0 Å². The zero-order valence-corrected chi connectivity index (χ0v) is 17.9. The highest BCUT2D eigenvalue weighted by Crippen LogP contribution is 2.31. The van der Waals surface area contributed by atoms with Crippen molar-refractivity contribution >= 4 is 5.69 Å². The van der Waals surface area contributed by atoms with E-state index < -0.39 is 5.60 Å². The monoisotopic (exact) mass is 386 g/mol. The number of nitrogens with zero attached hydrogens (tertiary/aromatic N) is 2. The van der Waals surface area contributed by atoms with E-state index in [4.69, 9.17) is 14.2 Å². The normalized spacial score (nSPS) is 23.3. The predicted molar refractivity (Wildman–Crippen MR) is 112 cm³/mol. The minimum Gasteiger partial charge on any atom is -0.375 e. The molecule has 2 fully saturated rings. The van der Waals surface area contributed by atoms with Gasteiger partial charge in [-0.3, -0.25) is 0 Å². The summed E-state index contributed by atoms with van der Waals surface area (Å²) in [5.41, 5.74) is 1.50. The van der Waals surface area contributed by atoms with Crippen LogP contribution >= 0.6 is 0 Å². The number of ether oxygens (including phenoxy) is 3. The summed E-state index contributed by atoms with van der Waals surface area (Å²) in [4.78, 5) is 6.78. The van der Waals surface area contributed by atoms with Crippen molar-refractivity contribution in [2.45, 2.75) is 83.4 Å². The van der Waals surface area contributed by atoms with E-state index >= 15 is 0 Å². The van der Waals surface area contributed by atoms with Crippen LogP contribution in [0.2, 0.25) is 0 Å². The lowest BCUT2D eigenvalue weighted by atomic mass is 9.91. The Labute approximate surface area is 169 Å². The van der Waals surface area contributed by atoms with E-state index in [0.717, 1.165) is 44.5 Å². The van der Waals surface area contributed by atoms with Gasteiger partial charge in [0, 0.05) is 32.1 Å². The maximum atomic E-state index is 6.28. The fraction of sp³-hybridized carbons (Fsp3) is 0.696. The van der Waals surface area contributed by atoms with Crippen molar-refractivity contribution in [3.63, 3.8) is 0 Å². The Bertz CT molecular complexity index is 693. The number of methoxy groups -OCH3 is 1. The highest BCUT2D eigenvalue weighted by molar-refractivity contribution is 5.50. The Balaban J connectivity index is 1.47. The summed E-state index contributed by atoms with van der Waals surface area (Å²) in [7, 11) is 1.67. The van der Waals surface area contributed by atoms with Crippen molar-refractivity contribution in [1.82, 2.24) is 4.98 Å². The van der Waals surface area contributed by atoms with Gasteiger partial charge >= 0.3 is 0 Å². The fourth-order valence-electron chi connectivity index (χ4n) is 3.60. The lowest BCUT2D eigenvalue weighted by Crippen LogP contribution is -2.44. The molecule has 1 aromatic rings. The highest BCUT2D eigenvalue weighted by Gasteiger charge is 2.34. The molecule has 0 spiro atoms. The van der Waals surface area contributed by atoms with Crippen molar-refractivity contribution < 1.29 is 14.2 Å². The quantitative estimate of drug-likeness (QED) is 0.696. The second kappa shape index (κ2) is 9.26. The molecule has 1 saturated heterocycles.